The van der Waals surface area contributed by atoms with Gasteiger partial charge in [0.2, 0.25) is 0 Å². The molecule has 5 nitrogen and oxygen atoms in total. The van der Waals surface area contributed by atoms with Crippen LogP contribution < -0.4 is 5.32 Å². The van der Waals surface area contributed by atoms with E-state index in [2.05, 4.69) is 11.9 Å². The van der Waals surface area contributed by atoms with Crippen LogP contribution in [0.15, 0.2) is 35.8 Å². The molecule has 0 aromatic rings. The van der Waals surface area contributed by atoms with E-state index in [0.717, 1.165) is 19.4 Å². The van der Waals surface area contributed by atoms with Crippen molar-refractivity contribution >= 4 is 5.78 Å². The van der Waals surface area contributed by atoms with E-state index in [1.54, 1.807) is 6.08 Å². The fraction of sp³-hybridized carbons (Fsp3) is 0.667. The Morgan fingerprint density at radius 2 is 2.15 bits per heavy atom. The van der Waals surface area contributed by atoms with Gasteiger partial charge in [-0.15, -0.1) is 0 Å². The van der Waals surface area contributed by atoms with Gasteiger partial charge in [0.1, 0.15) is 0 Å². The molecular formula is C21H29NO4. The number of aliphatic hydroxyl groups excluding tert-OH is 1. The minimum atomic E-state index is -1.13. The van der Waals surface area contributed by atoms with Gasteiger partial charge < -0.3 is 20.3 Å². The van der Waals surface area contributed by atoms with Crippen molar-refractivity contribution in [3.8, 4) is 0 Å². The van der Waals surface area contributed by atoms with E-state index in [4.69, 9.17) is 4.74 Å². The molecule has 0 aromatic heterocycles. The lowest BCUT2D eigenvalue weighted by atomic mass is 9.54. The SMILES string of the molecule is C=C1/C2=C(O)\C=C/CCC(NCC3CC3)[C@@]3(O)CCC(=O)[C@@H](O2)[C@@]13CC. The smallest absolute Gasteiger partial charge is 0.174 e. The van der Waals surface area contributed by atoms with Crippen LogP contribution in [0.2, 0.25) is 0 Å². The molecule has 0 aromatic carbocycles. The van der Waals surface area contributed by atoms with E-state index >= 15 is 0 Å². The van der Waals surface area contributed by atoms with Gasteiger partial charge in [0.05, 0.1) is 11.0 Å². The second kappa shape index (κ2) is 6.24. The van der Waals surface area contributed by atoms with Crippen LogP contribution in [0.5, 0.6) is 0 Å². The first-order valence-electron chi connectivity index (χ1n) is 9.88. The average Bonchev–Trinajstić information content (AvgIpc) is 3.39. The summed E-state index contributed by atoms with van der Waals surface area (Å²) in [6.07, 6.45) is 7.98. The van der Waals surface area contributed by atoms with Crippen LogP contribution in [0, 0.1) is 11.3 Å². The average molecular weight is 359 g/mol. The summed E-state index contributed by atoms with van der Waals surface area (Å²) in [6, 6.07) is -0.136. The lowest BCUT2D eigenvalue weighted by Crippen LogP contribution is -2.67. The first-order valence-corrected chi connectivity index (χ1v) is 9.88. The number of ether oxygens (including phenoxy) is 1. The molecule has 1 aliphatic heterocycles. The third-order valence-electron chi connectivity index (χ3n) is 6.93. The number of Topliss-reactive ketones (excluding diaryl/α,β-unsaturated/α-hetero) is 1. The highest BCUT2D eigenvalue weighted by Gasteiger charge is 2.68. The van der Waals surface area contributed by atoms with Gasteiger partial charge in [0.15, 0.2) is 23.4 Å². The van der Waals surface area contributed by atoms with Crippen LogP contribution in [0.3, 0.4) is 0 Å². The molecule has 142 valence electrons. The molecule has 0 spiro atoms. The molecule has 3 N–H and O–H groups in total. The van der Waals surface area contributed by atoms with Crippen molar-refractivity contribution in [2.45, 2.75) is 69.6 Å². The van der Waals surface area contributed by atoms with Gasteiger partial charge in [-0.3, -0.25) is 4.79 Å². The first-order chi connectivity index (χ1) is 12.4. The third-order valence-corrected chi connectivity index (χ3v) is 6.93. The molecule has 4 atom stereocenters. The van der Waals surface area contributed by atoms with Gasteiger partial charge in [0.25, 0.3) is 0 Å². The van der Waals surface area contributed by atoms with E-state index < -0.39 is 17.1 Å². The van der Waals surface area contributed by atoms with Gasteiger partial charge in [-0.2, -0.15) is 0 Å². The van der Waals surface area contributed by atoms with Gasteiger partial charge in [-0.1, -0.05) is 19.6 Å². The summed E-state index contributed by atoms with van der Waals surface area (Å²) in [6.45, 7) is 7.07. The Labute approximate surface area is 154 Å². The molecule has 1 unspecified atom stereocenters. The van der Waals surface area contributed by atoms with Crippen molar-refractivity contribution < 1.29 is 19.7 Å². The number of rotatable bonds is 4. The topological polar surface area (TPSA) is 78.8 Å². The predicted molar refractivity (Wildman–Crippen MR) is 98.5 cm³/mol. The number of carbonyl (C=O) groups is 1. The van der Waals surface area contributed by atoms with Crippen molar-refractivity contribution in [2.24, 2.45) is 11.3 Å². The van der Waals surface area contributed by atoms with Gasteiger partial charge >= 0.3 is 0 Å². The van der Waals surface area contributed by atoms with Crippen LogP contribution in [-0.2, 0) is 9.53 Å². The molecule has 26 heavy (non-hydrogen) atoms. The highest BCUT2D eigenvalue weighted by Crippen LogP contribution is 2.60. The Morgan fingerprint density at radius 3 is 2.85 bits per heavy atom. The van der Waals surface area contributed by atoms with Gasteiger partial charge in [0, 0.05) is 18.0 Å². The summed E-state index contributed by atoms with van der Waals surface area (Å²) >= 11 is 0. The van der Waals surface area contributed by atoms with E-state index in [-0.39, 0.29) is 23.3 Å². The van der Waals surface area contributed by atoms with E-state index in [9.17, 15) is 15.0 Å². The molecule has 5 heteroatoms. The van der Waals surface area contributed by atoms with Crippen LogP contribution in [0.25, 0.3) is 0 Å². The number of hydrogen-bond donors (Lipinski definition) is 3. The highest BCUT2D eigenvalue weighted by molar-refractivity contribution is 5.88. The Hall–Kier alpha value is -1.59. The zero-order chi connectivity index (χ0) is 18.5. The molecule has 4 rings (SSSR count). The maximum absolute atomic E-state index is 12.7. The summed E-state index contributed by atoms with van der Waals surface area (Å²) in [5.74, 6) is 0.955. The van der Waals surface area contributed by atoms with Crippen LogP contribution in [0.4, 0.5) is 0 Å². The number of hydrogen-bond acceptors (Lipinski definition) is 5. The predicted octanol–water partition coefficient (Wildman–Crippen LogP) is 2.92. The van der Waals surface area contributed by atoms with Gasteiger partial charge in [-0.25, -0.2) is 0 Å². The Balaban J connectivity index is 1.82. The second-order valence-electron chi connectivity index (χ2n) is 8.29. The highest BCUT2D eigenvalue weighted by atomic mass is 16.5. The summed E-state index contributed by atoms with van der Waals surface area (Å²) in [5.41, 5.74) is -1.46. The molecule has 3 aliphatic carbocycles. The standard InChI is InChI=1S/C21H29NO4/c1-3-20-13(2)18-15(23)6-4-5-7-17(22-12-14-8-9-14)21(20,25)11-10-16(24)19(20)26-18/h4,6,14,17,19,22-23,25H,2-3,5,7-12H2,1H3/b6-4-,18-15-/t17?,19-,20-,21+/m1/s1. The Morgan fingerprint density at radius 1 is 1.38 bits per heavy atom. The van der Waals surface area contributed by atoms with Crippen LogP contribution in [0.1, 0.15) is 51.9 Å². The van der Waals surface area contributed by atoms with Crippen molar-refractivity contribution in [1.82, 2.24) is 5.32 Å². The maximum atomic E-state index is 12.7. The molecule has 4 aliphatic rings. The first kappa shape index (κ1) is 17.8. The maximum Gasteiger partial charge on any atom is 0.174 e. The van der Waals surface area contributed by atoms with Gasteiger partial charge in [-0.05, 0) is 57.1 Å². The molecular weight excluding hydrogens is 330 g/mol. The fourth-order valence-corrected chi connectivity index (χ4v) is 5.23. The zero-order valence-electron chi connectivity index (χ0n) is 15.5. The number of aliphatic hydroxyl groups is 2. The number of ketones is 1. The molecule has 3 fully saturated rings. The lowest BCUT2D eigenvalue weighted by molar-refractivity contribution is -0.170. The summed E-state index contributed by atoms with van der Waals surface area (Å²) < 4.78 is 5.95. The normalized spacial score (nSPS) is 43.9. The summed E-state index contributed by atoms with van der Waals surface area (Å²) in [5, 5.41) is 26.1. The minimum absolute atomic E-state index is 0.00300. The largest absolute Gasteiger partial charge is 0.504 e. The number of carbonyl (C=O) groups excluding carboxylic acids is 1. The quantitative estimate of drug-likeness (QED) is 0.719. The number of allylic oxidation sites excluding steroid dienone is 3. The monoisotopic (exact) mass is 359 g/mol. The number of nitrogens with one attached hydrogen (secondary N) is 1. The van der Waals surface area contributed by atoms with E-state index in [0.29, 0.717) is 30.8 Å². The molecule has 1 heterocycles. The van der Waals surface area contributed by atoms with Crippen molar-refractivity contribution in [3.05, 3.63) is 35.8 Å². The molecule has 1 saturated heterocycles. The Kier molecular flexibility index (Phi) is 4.27. The molecule has 2 bridgehead atoms. The van der Waals surface area contributed by atoms with E-state index in [1.165, 1.54) is 12.8 Å². The zero-order valence-corrected chi connectivity index (χ0v) is 15.5. The second-order valence-corrected chi connectivity index (χ2v) is 8.29. The van der Waals surface area contributed by atoms with Crippen LogP contribution in [-0.4, -0.2) is 40.3 Å². The minimum Gasteiger partial charge on any atom is -0.504 e. The summed E-state index contributed by atoms with van der Waals surface area (Å²) in [4.78, 5) is 12.7. The molecule has 2 saturated carbocycles. The summed E-state index contributed by atoms with van der Waals surface area (Å²) in [7, 11) is 0. The third kappa shape index (κ3) is 2.40. The van der Waals surface area contributed by atoms with E-state index in [1.807, 2.05) is 13.0 Å². The van der Waals surface area contributed by atoms with Crippen LogP contribution >= 0.6 is 0 Å². The van der Waals surface area contributed by atoms with Crippen molar-refractivity contribution in [2.75, 3.05) is 6.54 Å². The molecule has 0 radical (unpaired) electrons. The van der Waals surface area contributed by atoms with Crippen molar-refractivity contribution in [3.63, 3.8) is 0 Å². The lowest BCUT2D eigenvalue weighted by Gasteiger charge is -2.53. The van der Waals surface area contributed by atoms with Crippen molar-refractivity contribution in [1.29, 1.82) is 0 Å². The fourth-order valence-electron chi connectivity index (χ4n) is 5.23. The molecule has 0 amide bonds. The number of fused-ring (bicyclic) bond motifs is 1. The Bertz CT molecular complexity index is 692.